The first kappa shape index (κ1) is 18.9. The molecule has 0 aliphatic rings. The maximum Gasteiger partial charge on any atom is 0.245 e. The number of carbonyl (C=O) groups is 1. The standard InChI is InChI=1S/C17H18F2N2O3S/c1-11-4-5-12(2)16(8-11)21(25(3,23)24)10-17(22)20-13-6-7-14(18)15(19)9-13/h4-9H,10H2,1-3H3,(H,20,22). The number of hydrogen-bond donors (Lipinski definition) is 1. The van der Waals surface area contributed by atoms with Crippen molar-refractivity contribution in [2.45, 2.75) is 13.8 Å². The molecule has 25 heavy (non-hydrogen) atoms. The summed E-state index contributed by atoms with van der Waals surface area (Å²) in [7, 11) is -3.72. The zero-order chi connectivity index (χ0) is 18.8. The van der Waals surface area contributed by atoms with Crippen LogP contribution in [-0.2, 0) is 14.8 Å². The van der Waals surface area contributed by atoms with Crippen LogP contribution < -0.4 is 9.62 Å². The van der Waals surface area contributed by atoms with Crippen molar-refractivity contribution in [3.05, 3.63) is 59.2 Å². The molecule has 1 amide bonds. The van der Waals surface area contributed by atoms with Gasteiger partial charge in [0.25, 0.3) is 0 Å². The highest BCUT2D eigenvalue weighted by molar-refractivity contribution is 7.92. The van der Waals surface area contributed by atoms with E-state index < -0.39 is 34.1 Å². The first-order chi connectivity index (χ1) is 11.6. The summed E-state index contributed by atoms with van der Waals surface area (Å²) in [5, 5.41) is 2.36. The van der Waals surface area contributed by atoms with Crippen LogP contribution in [0.15, 0.2) is 36.4 Å². The average Bonchev–Trinajstić information content (AvgIpc) is 2.50. The fourth-order valence-corrected chi connectivity index (χ4v) is 3.18. The van der Waals surface area contributed by atoms with E-state index in [1.165, 1.54) is 6.07 Å². The van der Waals surface area contributed by atoms with Gasteiger partial charge in [0.1, 0.15) is 6.54 Å². The summed E-state index contributed by atoms with van der Waals surface area (Å²) in [6.45, 7) is 3.06. The monoisotopic (exact) mass is 368 g/mol. The van der Waals surface area contributed by atoms with Crippen LogP contribution in [0.3, 0.4) is 0 Å². The molecule has 2 rings (SSSR count). The Bertz CT molecular complexity index is 914. The lowest BCUT2D eigenvalue weighted by Gasteiger charge is -2.24. The second-order valence-corrected chi connectivity index (χ2v) is 7.64. The number of sulfonamides is 1. The minimum atomic E-state index is -3.72. The van der Waals surface area contributed by atoms with Crippen molar-refractivity contribution < 1.29 is 22.0 Å². The van der Waals surface area contributed by atoms with Gasteiger partial charge in [-0.15, -0.1) is 0 Å². The number of benzene rings is 2. The Kier molecular flexibility index (Phi) is 5.42. The van der Waals surface area contributed by atoms with Gasteiger partial charge in [0, 0.05) is 11.8 Å². The minimum absolute atomic E-state index is 0.0401. The third-order valence-electron chi connectivity index (χ3n) is 3.52. The molecule has 0 heterocycles. The predicted molar refractivity (Wildman–Crippen MR) is 93.1 cm³/mol. The third-order valence-corrected chi connectivity index (χ3v) is 4.65. The summed E-state index contributed by atoms with van der Waals surface area (Å²) in [4.78, 5) is 12.2. The zero-order valence-corrected chi connectivity index (χ0v) is 14.8. The number of nitrogens with one attached hydrogen (secondary N) is 1. The topological polar surface area (TPSA) is 66.5 Å². The van der Waals surface area contributed by atoms with E-state index in [4.69, 9.17) is 0 Å². The number of halogens is 2. The van der Waals surface area contributed by atoms with Crippen LogP contribution in [0.5, 0.6) is 0 Å². The molecule has 0 bridgehead atoms. The Morgan fingerprint density at radius 2 is 1.76 bits per heavy atom. The lowest BCUT2D eigenvalue weighted by atomic mass is 10.1. The fourth-order valence-electron chi connectivity index (χ4n) is 2.27. The summed E-state index contributed by atoms with van der Waals surface area (Å²) in [6.07, 6.45) is 1.000. The smallest absolute Gasteiger partial charge is 0.245 e. The van der Waals surface area contributed by atoms with Gasteiger partial charge in [-0.3, -0.25) is 9.10 Å². The molecule has 1 N–H and O–H groups in total. The number of amides is 1. The lowest BCUT2D eigenvalue weighted by Crippen LogP contribution is -2.38. The van der Waals surface area contributed by atoms with Gasteiger partial charge < -0.3 is 5.32 Å². The van der Waals surface area contributed by atoms with Crippen molar-refractivity contribution in [2.75, 3.05) is 22.4 Å². The summed E-state index contributed by atoms with van der Waals surface area (Å²) in [5.74, 6) is -2.81. The summed E-state index contributed by atoms with van der Waals surface area (Å²) in [6, 6.07) is 8.16. The van der Waals surface area contributed by atoms with Gasteiger partial charge in [0.2, 0.25) is 15.9 Å². The fraction of sp³-hybridized carbons (Fsp3) is 0.235. The van der Waals surface area contributed by atoms with Crippen LogP contribution >= 0.6 is 0 Å². The second kappa shape index (κ2) is 7.18. The Hall–Kier alpha value is -2.48. The molecule has 0 radical (unpaired) electrons. The molecule has 2 aromatic rings. The molecule has 0 saturated heterocycles. The summed E-state index contributed by atoms with van der Waals surface area (Å²) >= 11 is 0. The first-order valence-corrected chi connectivity index (χ1v) is 9.22. The number of hydrogen-bond acceptors (Lipinski definition) is 3. The van der Waals surface area contributed by atoms with E-state index in [-0.39, 0.29) is 5.69 Å². The molecule has 8 heteroatoms. The molecule has 0 saturated carbocycles. The zero-order valence-electron chi connectivity index (χ0n) is 14.0. The summed E-state index contributed by atoms with van der Waals surface area (Å²) in [5.41, 5.74) is 1.97. The van der Waals surface area contributed by atoms with E-state index in [2.05, 4.69) is 5.32 Å². The van der Waals surface area contributed by atoms with Gasteiger partial charge in [-0.2, -0.15) is 0 Å². The van der Waals surface area contributed by atoms with Crippen LogP contribution in [0, 0.1) is 25.5 Å². The highest BCUT2D eigenvalue weighted by atomic mass is 32.2. The molecule has 134 valence electrons. The number of aryl methyl sites for hydroxylation is 2. The van der Waals surface area contributed by atoms with Gasteiger partial charge in [0.15, 0.2) is 11.6 Å². The van der Waals surface area contributed by atoms with Crippen molar-refractivity contribution in [1.82, 2.24) is 0 Å². The minimum Gasteiger partial charge on any atom is -0.324 e. The Labute approximate surface area is 145 Å². The largest absolute Gasteiger partial charge is 0.324 e. The second-order valence-electron chi connectivity index (χ2n) is 5.74. The number of anilines is 2. The van der Waals surface area contributed by atoms with Crippen LogP contribution in [0.2, 0.25) is 0 Å². The van der Waals surface area contributed by atoms with E-state index >= 15 is 0 Å². The molecule has 0 aliphatic heterocycles. The maximum atomic E-state index is 13.2. The Morgan fingerprint density at radius 1 is 1.08 bits per heavy atom. The quantitative estimate of drug-likeness (QED) is 0.882. The van der Waals surface area contributed by atoms with E-state index in [0.717, 1.165) is 28.3 Å². The molecule has 0 unspecified atom stereocenters. The van der Waals surface area contributed by atoms with Gasteiger partial charge in [0.05, 0.1) is 11.9 Å². The van der Waals surface area contributed by atoms with Crippen molar-refractivity contribution >= 4 is 27.3 Å². The Balaban J connectivity index is 2.27. The van der Waals surface area contributed by atoms with Gasteiger partial charge in [-0.25, -0.2) is 17.2 Å². The van der Waals surface area contributed by atoms with Crippen molar-refractivity contribution in [3.63, 3.8) is 0 Å². The van der Waals surface area contributed by atoms with E-state index in [1.807, 2.05) is 13.0 Å². The lowest BCUT2D eigenvalue weighted by molar-refractivity contribution is -0.114. The molecular weight excluding hydrogens is 350 g/mol. The van der Waals surface area contributed by atoms with Crippen LogP contribution in [-0.4, -0.2) is 27.1 Å². The maximum absolute atomic E-state index is 13.2. The van der Waals surface area contributed by atoms with Gasteiger partial charge in [-0.1, -0.05) is 12.1 Å². The predicted octanol–water partition coefficient (Wildman–Crippen LogP) is 2.99. The normalized spacial score (nSPS) is 11.2. The highest BCUT2D eigenvalue weighted by Gasteiger charge is 2.22. The third kappa shape index (κ3) is 4.76. The first-order valence-electron chi connectivity index (χ1n) is 7.38. The van der Waals surface area contributed by atoms with Crippen molar-refractivity contribution in [1.29, 1.82) is 0 Å². The molecule has 0 atom stereocenters. The molecule has 0 fully saturated rings. The SMILES string of the molecule is Cc1ccc(C)c(N(CC(=O)Nc2ccc(F)c(F)c2)S(C)(=O)=O)c1. The molecule has 5 nitrogen and oxygen atoms in total. The van der Waals surface area contributed by atoms with Crippen LogP contribution in [0.4, 0.5) is 20.2 Å². The number of rotatable bonds is 5. The summed E-state index contributed by atoms with van der Waals surface area (Å²) < 4.78 is 51.4. The van der Waals surface area contributed by atoms with Gasteiger partial charge >= 0.3 is 0 Å². The molecular formula is C17H18F2N2O3S. The molecule has 2 aromatic carbocycles. The van der Waals surface area contributed by atoms with Crippen LogP contribution in [0.25, 0.3) is 0 Å². The Morgan fingerprint density at radius 3 is 2.36 bits per heavy atom. The van der Waals surface area contributed by atoms with E-state index in [0.29, 0.717) is 11.3 Å². The average molecular weight is 368 g/mol. The molecule has 0 aliphatic carbocycles. The molecule has 0 spiro atoms. The number of nitrogens with zero attached hydrogens (tertiary/aromatic N) is 1. The number of carbonyl (C=O) groups excluding carboxylic acids is 1. The van der Waals surface area contributed by atoms with E-state index in [1.54, 1.807) is 19.1 Å². The highest BCUT2D eigenvalue weighted by Crippen LogP contribution is 2.24. The van der Waals surface area contributed by atoms with Gasteiger partial charge in [-0.05, 0) is 43.2 Å². The van der Waals surface area contributed by atoms with E-state index in [9.17, 15) is 22.0 Å². The van der Waals surface area contributed by atoms with Crippen LogP contribution in [0.1, 0.15) is 11.1 Å². The van der Waals surface area contributed by atoms with Crippen molar-refractivity contribution in [3.8, 4) is 0 Å². The molecule has 0 aromatic heterocycles. The van der Waals surface area contributed by atoms with Crippen molar-refractivity contribution in [2.24, 2.45) is 0 Å².